The van der Waals surface area contributed by atoms with Crippen LogP contribution >= 0.6 is 76.3 Å². The van der Waals surface area contributed by atoms with Crippen LogP contribution in [0.5, 0.6) is 0 Å². The van der Waals surface area contributed by atoms with Crippen LogP contribution in [0.2, 0.25) is 0 Å². The van der Waals surface area contributed by atoms with E-state index in [1.807, 2.05) is 0 Å². The Kier molecular flexibility index (Phi) is 10.7. The molecular formula is BBr2I2Na. The van der Waals surface area contributed by atoms with Gasteiger partial charge in [0.05, 0.1) is 0 Å². The summed E-state index contributed by atoms with van der Waals surface area (Å²) >= 11 is 11.2. The standard InChI is InChI=1S/BBr2I2.Na/c2-1(3,4)5;/q-1;+1. The quantitative estimate of drug-likeness (QED) is 0.365. The van der Waals surface area contributed by atoms with Crippen molar-refractivity contribution in [2.45, 2.75) is 0 Å². The summed E-state index contributed by atoms with van der Waals surface area (Å²) < 4.78 is -0.435. The Morgan fingerprint density at radius 2 is 1.17 bits per heavy atom. The molecule has 6 heteroatoms. The molecule has 0 nitrogen and oxygen atoms in total. The second-order valence-corrected chi connectivity index (χ2v) is 17.4. The first-order valence-corrected chi connectivity index (χ1v) is 5.20. The van der Waals surface area contributed by atoms with E-state index >= 15 is 0 Å². The Balaban J connectivity index is 0. The van der Waals surface area contributed by atoms with Gasteiger partial charge in [0, 0.05) is 0 Å². The molecule has 0 amide bonds. The van der Waals surface area contributed by atoms with Crippen molar-refractivity contribution >= 4 is 75.8 Å². The van der Waals surface area contributed by atoms with Crippen LogP contribution in [0, 0.1) is 0 Å². The summed E-state index contributed by atoms with van der Waals surface area (Å²) in [6.45, 7) is 0. The van der Waals surface area contributed by atoms with Crippen LogP contribution in [0.25, 0.3) is 0 Å². The van der Waals surface area contributed by atoms with Gasteiger partial charge in [-0.25, -0.2) is 0 Å². The van der Waals surface area contributed by atoms with Gasteiger partial charge in [0.1, 0.15) is 0 Å². The summed E-state index contributed by atoms with van der Waals surface area (Å²) in [7, 11) is 0. The molecule has 0 saturated heterocycles. The molecule has 0 bridgehead atoms. The first-order valence-electron chi connectivity index (χ1n) is 0.873. The fourth-order valence-corrected chi connectivity index (χ4v) is 0. The molecule has 0 fully saturated rings. The molecular weight excluding hydrogens is 447 g/mol. The molecule has 0 aromatic carbocycles. The molecule has 0 N–H and O–H groups in total. The first-order chi connectivity index (χ1) is 2.00. The summed E-state index contributed by atoms with van der Waals surface area (Å²) in [5.74, 6) is 0. The van der Waals surface area contributed by atoms with E-state index in [1.165, 1.54) is 0 Å². The Morgan fingerprint density at radius 3 is 1.17 bits per heavy atom. The van der Waals surface area contributed by atoms with Crippen LogP contribution in [-0.2, 0) is 0 Å². The molecule has 0 unspecified atom stereocenters. The number of rotatable bonds is 0. The first kappa shape index (κ1) is 12.2. The number of halogens is 4. The van der Waals surface area contributed by atoms with Crippen LogP contribution in [-0.4, -0.2) is -0.493 Å². The summed E-state index contributed by atoms with van der Waals surface area (Å²) in [5.41, 5.74) is 0. The van der Waals surface area contributed by atoms with Crippen LogP contribution in [0.4, 0.5) is 0 Å². The largest absolute Gasteiger partial charge is 1.00 e. The maximum atomic E-state index is 3.33. The Morgan fingerprint density at radius 1 is 1.17 bits per heavy atom. The van der Waals surface area contributed by atoms with Crippen molar-refractivity contribution in [1.82, 2.24) is 0 Å². The van der Waals surface area contributed by atoms with Gasteiger partial charge >= 0.3 is 29.6 Å². The van der Waals surface area contributed by atoms with Crippen LogP contribution in [0.15, 0.2) is 0 Å². The van der Waals surface area contributed by atoms with Crippen molar-refractivity contribution in [3.05, 3.63) is 0 Å². The number of hydrogen-bond acceptors (Lipinski definition) is 0. The van der Waals surface area contributed by atoms with Crippen molar-refractivity contribution in [1.29, 1.82) is 0 Å². The van der Waals surface area contributed by atoms with Gasteiger partial charge in [-0.1, -0.05) is 0 Å². The van der Waals surface area contributed by atoms with Crippen LogP contribution < -0.4 is 29.6 Å². The van der Waals surface area contributed by atoms with Crippen molar-refractivity contribution in [3.8, 4) is 0 Å². The topological polar surface area (TPSA) is 0 Å². The molecule has 0 aliphatic heterocycles. The van der Waals surface area contributed by atoms with Gasteiger partial charge < -0.3 is 76.3 Å². The van der Waals surface area contributed by atoms with Crippen molar-refractivity contribution in [2.24, 2.45) is 0 Å². The van der Waals surface area contributed by atoms with Gasteiger partial charge in [-0.05, 0) is 0 Å². The van der Waals surface area contributed by atoms with E-state index in [1.54, 1.807) is 0 Å². The van der Waals surface area contributed by atoms with Crippen molar-refractivity contribution in [2.75, 3.05) is 0 Å². The predicted molar refractivity (Wildman–Crippen MR) is 51.6 cm³/mol. The van der Waals surface area contributed by atoms with Crippen LogP contribution in [0.1, 0.15) is 0 Å². The molecule has 0 rings (SSSR count). The molecule has 0 aliphatic carbocycles. The third kappa shape index (κ3) is 25.9. The van der Waals surface area contributed by atoms with E-state index in [9.17, 15) is 0 Å². The minimum atomic E-state index is -0.435. The minimum Gasteiger partial charge on any atom is -0.313 e. The molecule has 0 atom stereocenters. The van der Waals surface area contributed by atoms with E-state index < -0.39 is -0.493 Å². The third-order valence-corrected chi connectivity index (χ3v) is 0. The molecule has 0 radical (unpaired) electrons. The summed E-state index contributed by atoms with van der Waals surface area (Å²) in [6.07, 6.45) is 0. The zero-order valence-corrected chi connectivity index (χ0v) is 12.6. The van der Waals surface area contributed by atoms with Crippen molar-refractivity contribution in [3.63, 3.8) is 0 Å². The van der Waals surface area contributed by atoms with Gasteiger partial charge in [-0.2, -0.15) is 0 Å². The molecule has 32 valence electrons. The second-order valence-electron chi connectivity index (χ2n) is 0.495. The molecule has 0 aromatic rings. The number of hydrogen-bond donors (Lipinski definition) is 0. The van der Waals surface area contributed by atoms with Crippen molar-refractivity contribution < 1.29 is 29.6 Å². The Hall–Kier alpha value is 3.48. The van der Waals surface area contributed by atoms with Gasteiger partial charge in [-0.15, -0.1) is 0 Å². The zero-order chi connectivity index (χ0) is 4.50. The molecule has 6 heavy (non-hydrogen) atoms. The molecule has 0 saturated carbocycles. The van der Waals surface area contributed by atoms with Gasteiger partial charge in [0.25, 0.3) is 0 Å². The monoisotopic (exact) mass is 446 g/mol. The molecule has 0 aromatic heterocycles. The zero-order valence-electron chi connectivity index (χ0n) is 3.09. The summed E-state index contributed by atoms with van der Waals surface area (Å²) in [4.78, 5) is 0. The maximum Gasteiger partial charge on any atom is 1.00 e. The van der Waals surface area contributed by atoms with Crippen LogP contribution in [0.3, 0.4) is 0 Å². The summed E-state index contributed by atoms with van der Waals surface area (Å²) in [5, 5.41) is 0. The normalized spacial score (nSPS) is 10.0. The fourth-order valence-electron chi connectivity index (χ4n) is 0. The smallest absolute Gasteiger partial charge is 0.313 e. The predicted octanol–water partition coefficient (Wildman–Crippen LogP) is 0.0858. The van der Waals surface area contributed by atoms with E-state index in [-0.39, 0.29) is 29.6 Å². The molecule has 0 heterocycles. The van der Waals surface area contributed by atoms with Gasteiger partial charge in [0.15, 0.2) is 0 Å². The second kappa shape index (κ2) is 5.28. The minimum absolute atomic E-state index is 0. The Bertz CT molecular complexity index is 27.0. The maximum absolute atomic E-state index is 3.33. The SMILES string of the molecule is Br[B-](Br)(I)I.[Na+]. The van der Waals surface area contributed by atoms with E-state index in [0.717, 1.165) is 0 Å². The molecule has 0 spiro atoms. The fraction of sp³-hybridized carbons (Fsp3) is 0. The summed E-state index contributed by atoms with van der Waals surface area (Å²) in [6, 6.07) is 0. The van der Waals surface area contributed by atoms with Gasteiger partial charge in [-0.3, -0.25) is 0 Å². The van der Waals surface area contributed by atoms with E-state index in [4.69, 9.17) is 0 Å². The van der Waals surface area contributed by atoms with E-state index in [2.05, 4.69) is 76.3 Å². The average molecular weight is 447 g/mol. The van der Waals surface area contributed by atoms with Gasteiger partial charge in [0.2, 0.25) is -0.493 Å². The molecule has 0 aliphatic rings. The Labute approximate surface area is 103 Å². The van der Waals surface area contributed by atoms with E-state index in [0.29, 0.717) is 0 Å². The average Bonchev–Trinajstić information content (AvgIpc) is 0.722. The third-order valence-electron chi connectivity index (χ3n) is 0.